The molecule has 0 saturated carbocycles. The molecule has 3 N–H and O–H groups in total. The largest absolute Gasteiger partial charge is 0.382 e. The zero-order valence-electron chi connectivity index (χ0n) is 10.1. The summed E-state index contributed by atoms with van der Waals surface area (Å²) in [5, 5.41) is 0. The van der Waals surface area contributed by atoms with Gasteiger partial charge in [0.05, 0.1) is 5.52 Å². The van der Waals surface area contributed by atoms with Gasteiger partial charge in [-0.05, 0) is 25.8 Å². The minimum absolute atomic E-state index is 0.549. The summed E-state index contributed by atoms with van der Waals surface area (Å²) in [5.41, 5.74) is 9.81. The molecular formula is C12H18N4. The van der Waals surface area contributed by atoms with Crippen LogP contribution in [0, 0.1) is 13.8 Å². The number of pyridine rings is 1. The van der Waals surface area contributed by atoms with Crippen molar-refractivity contribution in [2.75, 3.05) is 5.73 Å². The second kappa shape index (κ2) is 4.12. The summed E-state index contributed by atoms with van der Waals surface area (Å²) in [6.45, 7) is 6.17. The third kappa shape index (κ3) is 1.75. The minimum atomic E-state index is 0.549. The Bertz CT molecular complexity index is 513. The topological polar surface area (TPSA) is 67.6 Å². The van der Waals surface area contributed by atoms with E-state index in [9.17, 15) is 0 Å². The fourth-order valence-electron chi connectivity index (χ4n) is 1.83. The fourth-order valence-corrected chi connectivity index (χ4v) is 1.83. The minimum Gasteiger partial charge on any atom is -0.382 e. The summed E-state index contributed by atoms with van der Waals surface area (Å²) >= 11 is 0. The van der Waals surface area contributed by atoms with E-state index in [4.69, 9.17) is 5.73 Å². The van der Waals surface area contributed by atoms with Gasteiger partial charge in [0, 0.05) is 12.1 Å². The van der Waals surface area contributed by atoms with Crippen LogP contribution in [0.5, 0.6) is 0 Å². The number of anilines is 1. The van der Waals surface area contributed by atoms with Crippen molar-refractivity contribution in [1.82, 2.24) is 15.0 Å². The van der Waals surface area contributed by atoms with Crippen molar-refractivity contribution in [3.63, 3.8) is 0 Å². The van der Waals surface area contributed by atoms with Gasteiger partial charge in [0.2, 0.25) is 0 Å². The van der Waals surface area contributed by atoms with E-state index in [2.05, 4.69) is 21.9 Å². The number of hydrogen-bond acceptors (Lipinski definition) is 3. The van der Waals surface area contributed by atoms with E-state index in [0.717, 1.165) is 41.0 Å². The first-order chi connectivity index (χ1) is 7.63. The molecule has 0 radical (unpaired) electrons. The second-order valence-electron chi connectivity index (χ2n) is 4.22. The third-order valence-electron chi connectivity index (χ3n) is 2.96. The van der Waals surface area contributed by atoms with Gasteiger partial charge in [-0.25, -0.2) is 9.97 Å². The Kier molecular flexibility index (Phi) is 2.81. The van der Waals surface area contributed by atoms with Gasteiger partial charge in [-0.15, -0.1) is 0 Å². The molecule has 2 aromatic rings. The average Bonchev–Trinajstić information content (AvgIpc) is 2.68. The predicted octanol–water partition coefficient (Wildman–Crippen LogP) is 2.50. The van der Waals surface area contributed by atoms with Gasteiger partial charge in [0.15, 0.2) is 0 Å². The van der Waals surface area contributed by atoms with Crippen molar-refractivity contribution >= 4 is 16.9 Å². The Hall–Kier alpha value is -1.58. The molecule has 4 nitrogen and oxygen atoms in total. The van der Waals surface area contributed by atoms with E-state index >= 15 is 0 Å². The van der Waals surface area contributed by atoms with Crippen molar-refractivity contribution in [3.8, 4) is 0 Å². The molecule has 2 heterocycles. The highest BCUT2D eigenvalue weighted by molar-refractivity contribution is 5.87. The summed E-state index contributed by atoms with van der Waals surface area (Å²) in [7, 11) is 0. The van der Waals surface area contributed by atoms with E-state index in [1.807, 2.05) is 13.8 Å². The zero-order valence-corrected chi connectivity index (χ0v) is 10.1. The number of nitrogen functional groups attached to an aromatic ring is 1. The Labute approximate surface area is 95.3 Å². The lowest BCUT2D eigenvalue weighted by molar-refractivity contribution is 0.765. The average molecular weight is 218 g/mol. The van der Waals surface area contributed by atoms with Crippen LogP contribution in [0.25, 0.3) is 11.0 Å². The molecule has 2 rings (SSSR count). The summed E-state index contributed by atoms with van der Waals surface area (Å²) in [4.78, 5) is 12.2. The van der Waals surface area contributed by atoms with Crippen LogP contribution in [-0.2, 0) is 6.42 Å². The Morgan fingerprint density at radius 1 is 1.25 bits per heavy atom. The molecule has 0 aliphatic carbocycles. The van der Waals surface area contributed by atoms with Gasteiger partial charge in [0.25, 0.3) is 0 Å². The Balaban J connectivity index is 2.52. The first-order valence-corrected chi connectivity index (χ1v) is 5.74. The van der Waals surface area contributed by atoms with Gasteiger partial charge in [-0.1, -0.05) is 13.3 Å². The Morgan fingerprint density at radius 3 is 2.69 bits per heavy atom. The number of aryl methyl sites for hydroxylation is 3. The van der Waals surface area contributed by atoms with Crippen molar-refractivity contribution in [3.05, 3.63) is 17.1 Å². The molecule has 0 aromatic carbocycles. The maximum Gasteiger partial charge on any atom is 0.149 e. The molecule has 0 saturated heterocycles. The highest BCUT2D eigenvalue weighted by Crippen LogP contribution is 2.22. The molecule has 86 valence electrons. The number of imidazole rings is 1. The molecule has 0 fully saturated rings. The number of nitrogens with one attached hydrogen (secondary N) is 1. The number of nitrogens with two attached hydrogens (primary N) is 1. The van der Waals surface area contributed by atoms with E-state index in [1.165, 1.54) is 6.42 Å². The standard InChI is InChI=1S/C12H18N4/c1-4-5-6-9-15-10-7(2)8(3)14-12(13)11(10)16-9/h4-6H2,1-3H3,(H2,13,14)(H,15,16). The predicted molar refractivity (Wildman–Crippen MR) is 66.4 cm³/mol. The monoisotopic (exact) mass is 218 g/mol. The summed E-state index contributed by atoms with van der Waals surface area (Å²) in [6, 6.07) is 0. The van der Waals surface area contributed by atoms with Crippen molar-refractivity contribution < 1.29 is 0 Å². The van der Waals surface area contributed by atoms with Crippen molar-refractivity contribution in [2.45, 2.75) is 40.0 Å². The lowest BCUT2D eigenvalue weighted by atomic mass is 10.2. The quantitative estimate of drug-likeness (QED) is 0.831. The number of aromatic amines is 1. The van der Waals surface area contributed by atoms with E-state index in [0.29, 0.717) is 5.82 Å². The number of rotatable bonds is 3. The molecule has 0 aliphatic rings. The number of hydrogen-bond donors (Lipinski definition) is 2. The van der Waals surface area contributed by atoms with Crippen LogP contribution >= 0.6 is 0 Å². The first-order valence-electron chi connectivity index (χ1n) is 5.74. The van der Waals surface area contributed by atoms with Crippen LogP contribution in [0.15, 0.2) is 0 Å². The van der Waals surface area contributed by atoms with E-state index in [1.54, 1.807) is 0 Å². The van der Waals surface area contributed by atoms with Crippen LogP contribution in [-0.4, -0.2) is 15.0 Å². The molecule has 0 atom stereocenters. The number of aromatic nitrogens is 3. The highest BCUT2D eigenvalue weighted by atomic mass is 15.0. The molecular weight excluding hydrogens is 200 g/mol. The maximum absolute atomic E-state index is 5.89. The van der Waals surface area contributed by atoms with Crippen LogP contribution in [0.1, 0.15) is 36.8 Å². The molecule has 0 amide bonds. The molecule has 0 spiro atoms. The Morgan fingerprint density at radius 2 is 2.00 bits per heavy atom. The SMILES string of the molecule is CCCCc1nc2c(C)c(C)nc(N)c2[nH]1. The third-order valence-corrected chi connectivity index (χ3v) is 2.96. The maximum atomic E-state index is 5.89. The van der Waals surface area contributed by atoms with Crippen LogP contribution in [0.3, 0.4) is 0 Å². The number of H-pyrrole nitrogens is 1. The molecule has 2 aromatic heterocycles. The van der Waals surface area contributed by atoms with Gasteiger partial charge >= 0.3 is 0 Å². The van der Waals surface area contributed by atoms with Crippen molar-refractivity contribution in [1.29, 1.82) is 0 Å². The second-order valence-corrected chi connectivity index (χ2v) is 4.22. The lowest BCUT2D eigenvalue weighted by Crippen LogP contribution is -1.96. The van der Waals surface area contributed by atoms with Crippen LogP contribution in [0.4, 0.5) is 5.82 Å². The van der Waals surface area contributed by atoms with Crippen LogP contribution < -0.4 is 5.73 Å². The normalized spacial score (nSPS) is 11.2. The van der Waals surface area contributed by atoms with E-state index < -0.39 is 0 Å². The molecule has 0 aliphatic heterocycles. The highest BCUT2D eigenvalue weighted by Gasteiger charge is 2.11. The van der Waals surface area contributed by atoms with Gasteiger partial charge in [-0.2, -0.15) is 0 Å². The molecule has 0 unspecified atom stereocenters. The fraction of sp³-hybridized carbons (Fsp3) is 0.500. The summed E-state index contributed by atoms with van der Waals surface area (Å²) in [5.74, 6) is 1.56. The van der Waals surface area contributed by atoms with E-state index in [-0.39, 0.29) is 0 Å². The number of unbranched alkanes of at least 4 members (excludes halogenated alkanes) is 1. The first kappa shape index (κ1) is 10.9. The lowest BCUT2D eigenvalue weighted by Gasteiger charge is -2.01. The van der Waals surface area contributed by atoms with Gasteiger partial charge < -0.3 is 10.7 Å². The van der Waals surface area contributed by atoms with Gasteiger partial charge in [-0.3, -0.25) is 0 Å². The smallest absolute Gasteiger partial charge is 0.149 e. The van der Waals surface area contributed by atoms with Crippen LogP contribution in [0.2, 0.25) is 0 Å². The summed E-state index contributed by atoms with van der Waals surface area (Å²) < 4.78 is 0. The molecule has 4 heteroatoms. The van der Waals surface area contributed by atoms with Crippen molar-refractivity contribution in [2.24, 2.45) is 0 Å². The number of fused-ring (bicyclic) bond motifs is 1. The van der Waals surface area contributed by atoms with Gasteiger partial charge in [0.1, 0.15) is 17.2 Å². The molecule has 0 bridgehead atoms. The number of nitrogens with zero attached hydrogens (tertiary/aromatic N) is 2. The molecule has 16 heavy (non-hydrogen) atoms. The summed E-state index contributed by atoms with van der Waals surface area (Å²) in [6.07, 6.45) is 3.29. The zero-order chi connectivity index (χ0) is 11.7.